The summed E-state index contributed by atoms with van der Waals surface area (Å²) in [6, 6.07) is 1.86. The van der Waals surface area contributed by atoms with E-state index in [1.807, 2.05) is 11.6 Å². The molecule has 0 radical (unpaired) electrons. The van der Waals surface area contributed by atoms with E-state index in [0.29, 0.717) is 48.6 Å². The lowest BCUT2D eigenvalue weighted by atomic mass is 10.1. The molecule has 3 rings (SSSR count). The Kier molecular flexibility index (Phi) is 9.08. The number of hydrogen-bond donors (Lipinski definition) is 2. The lowest BCUT2D eigenvalue weighted by Crippen LogP contribution is -2.47. The lowest BCUT2D eigenvalue weighted by molar-refractivity contribution is 0.0599. The quantitative estimate of drug-likeness (QED) is 0.240. The van der Waals surface area contributed by atoms with Crippen molar-refractivity contribution in [3.05, 3.63) is 34.8 Å². The predicted molar refractivity (Wildman–Crippen MR) is 121 cm³/mol. The SMILES string of the molecule is CCNC(=NCc1cc(C(=O)OC)c(C)o1)NC1CCc2nc(COC)nn2C1.I. The highest BCUT2D eigenvalue weighted by Crippen LogP contribution is 2.17. The van der Waals surface area contributed by atoms with Crippen LogP contribution >= 0.6 is 24.0 Å². The Bertz CT molecular complexity index is 879. The molecule has 166 valence electrons. The van der Waals surface area contributed by atoms with Gasteiger partial charge in [-0.2, -0.15) is 5.10 Å². The van der Waals surface area contributed by atoms with Gasteiger partial charge in [0.1, 0.15) is 36.1 Å². The van der Waals surface area contributed by atoms with Crippen molar-refractivity contribution in [3.8, 4) is 0 Å². The first-order valence-corrected chi connectivity index (χ1v) is 9.68. The molecule has 0 saturated heterocycles. The molecule has 30 heavy (non-hydrogen) atoms. The molecule has 1 atom stereocenters. The standard InChI is InChI=1S/C19H28N6O4.HI/c1-5-20-19(21-9-14-8-15(12(2)29-14)18(26)28-4)22-13-6-7-17-23-16(11-27-3)24-25(17)10-13;/h8,13H,5-7,9-11H2,1-4H3,(H2,20,21,22);1H. The van der Waals surface area contributed by atoms with Crippen molar-refractivity contribution >= 4 is 35.9 Å². The molecular formula is C19H29IN6O4. The van der Waals surface area contributed by atoms with Gasteiger partial charge in [0.05, 0.1) is 13.7 Å². The molecule has 0 fully saturated rings. The zero-order valence-corrected chi connectivity index (χ0v) is 20.1. The number of carbonyl (C=O) groups is 1. The topological polar surface area (TPSA) is 116 Å². The molecule has 10 nitrogen and oxygen atoms in total. The van der Waals surface area contributed by atoms with Gasteiger partial charge in [-0.1, -0.05) is 0 Å². The minimum atomic E-state index is -0.412. The van der Waals surface area contributed by atoms with Crippen LogP contribution in [0, 0.1) is 6.92 Å². The van der Waals surface area contributed by atoms with E-state index in [1.165, 1.54) is 7.11 Å². The van der Waals surface area contributed by atoms with E-state index in [9.17, 15) is 4.79 Å². The van der Waals surface area contributed by atoms with Crippen molar-refractivity contribution in [2.45, 2.75) is 52.4 Å². The van der Waals surface area contributed by atoms with E-state index >= 15 is 0 Å². The third-order valence-corrected chi connectivity index (χ3v) is 4.63. The average molecular weight is 532 g/mol. The van der Waals surface area contributed by atoms with Crippen LogP contribution in [0.15, 0.2) is 15.5 Å². The summed E-state index contributed by atoms with van der Waals surface area (Å²) in [6.07, 6.45) is 1.77. The van der Waals surface area contributed by atoms with Crippen LogP contribution in [-0.2, 0) is 35.6 Å². The van der Waals surface area contributed by atoms with Gasteiger partial charge in [0.2, 0.25) is 0 Å². The molecule has 2 aromatic heterocycles. The molecule has 0 amide bonds. The molecule has 0 aliphatic carbocycles. The maximum atomic E-state index is 11.7. The molecule has 11 heteroatoms. The monoisotopic (exact) mass is 532 g/mol. The summed E-state index contributed by atoms with van der Waals surface area (Å²) in [6.45, 7) is 5.92. The van der Waals surface area contributed by atoms with Gasteiger partial charge < -0.3 is 24.5 Å². The van der Waals surface area contributed by atoms with Crippen molar-refractivity contribution < 1.29 is 18.7 Å². The number of nitrogens with one attached hydrogen (secondary N) is 2. The zero-order valence-electron chi connectivity index (χ0n) is 17.7. The Morgan fingerprint density at radius 3 is 2.93 bits per heavy atom. The number of aryl methyl sites for hydroxylation is 2. The molecule has 1 aliphatic heterocycles. The zero-order chi connectivity index (χ0) is 20.8. The molecule has 1 aliphatic rings. The highest BCUT2D eigenvalue weighted by Gasteiger charge is 2.22. The molecule has 0 spiro atoms. The van der Waals surface area contributed by atoms with Crippen molar-refractivity contribution in [3.63, 3.8) is 0 Å². The summed E-state index contributed by atoms with van der Waals surface area (Å²) in [4.78, 5) is 20.8. The third kappa shape index (κ3) is 5.94. The van der Waals surface area contributed by atoms with E-state index in [0.717, 1.165) is 25.2 Å². The minimum absolute atomic E-state index is 0. The fourth-order valence-corrected chi connectivity index (χ4v) is 3.27. The summed E-state index contributed by atoms with van der Waals surface area (Å²) in [5.41, 5.74) is 0.425. The van der Waals surface area contributed by atoms with Gasteiger partial charge in [0.15, 0.2) is 11.8 Å². The molecular weight excluding hydrogens is 503 g/mol. The fraction of sp³-hybridized carbons (Fsp3) is 0.579. The number of guanidine groups is 1. The predicted octanol–water partition coefficient (Wildman–Crippen LogP) is 1.80. The van der Waals surface area contributed by atoms with Gasteiger partial charge in [-0.25, -0.2) is 19.5 Å². The summed E-state index contributed by atoms with van der Waals surface area (Å²) >= 11 is 0. The number of aliphatic imine (C=N–C) groups is 1. The van der Waals surface area contributed by atoms with Crippen molar-refractivity contribution in [1.29, 1.82) is 0 Å². The molecule has 3 heterocycles. The number of nitrogens with zero attached hydrogens (tertiary/aromatic N) is 4. The summed E-state index contributed by atoms with van der Waals surface area (Å²) in [5.74, 6) is 3.10. The number of ether oxygens (including phenoxy) is 2. The maximum Gasteiger partial charge on any atom is 0.341 e. The van der Waals surface area contributed by atoms with Crippen LogP contribution in [0.2, 0.25) is 0 Å². The van der Waals surface area contributed by atoms with Crippen LogP contribution in [0.4, 0.5) is 0 Å². The minimum Gasteiger partial charge on any atom is -0.465 e. The summed E-state index contributed by atoms with van der Waals surface area (Å²) in [7, 11) is 2.99. The highest BCUT2D eigenvalue weighted by atomic mass is 127. The third-order valence-electron chi connectivity index (χ3n) is 4.63. The Morgan fingerprint density at radius 2 is 2.23 bits per heavy atom. The van der Waals surface area contributed by atoms with Crippen LogP contribution in [0.5, 0.6) is 0 Å². The van der Waals surface area contributed by atoms with Gasteiger partial charge in [0.25, 0.3) is 0 Å². The van der Waals surface area contributed by atoms with Gasteiger partial charge >= 0.3 is 5.97 Å². The first-order valence-electron chi connectivity index (χ1n) is 9.68. The van der Waals surface area contributed by atoms with Crippen molar-refractivity contribution in [2.75, 3.05) is 20.8 Å². The summed E-state index contributed by atoms with van der Waals surface area (Å²) < 4.78 is 17.4. The maximum absolute atomic E-state index is 11.7. The van der Waals surface area contributed by atoms with Crippen LogP contribution in [0.3, 0.4) is 0 Å². The first kappa shape index (κ1) is 24.1. The number of esters is 1. The van der Waals surface area contributed by atoms with E-state index in [1.54, 1.807) is 20.1 Å². The number of halogens is 1. The lowest BCUT2D eigenvalue weighted by Gasteiger charge is -2.25. The number of hydrogen-bond acceptors (Lipinski definition) is 7. The van der Waals surface area contributed by atoms with Crippen LogP contribution < -0.4 is 10.6 Å². The normalized spacial score (nSPS) is 15.9. The number of aromatic nitrogens is 3. The van der Waals surface area contributed by atoms with E-state index in [2.05, 4.69) is 25.7 Å². The van der Waals surface area contributed by atoms with E-state index < -0.39 is 5.97 Å². The molecule has 2 N–H and O–H groups in total. The Balaban J connectivity index is 0.00000320. The van der Waals surface area contributed by atoms with Gasteiger partial charge in [-0.05, 0) is 26.3 Å². The number of carbonyl (C=O) groups excluding carboxylic acids is 1. The van der Waals surface area contributed by atoms with Gasteiger partial charge in [0, 0.05) is 26.1 Å². The Hall–Kier alpha value is -2.15. The number of methoxy groups -OCH3 is 2. The smallest absolute Gasteiger partial charge is 0.341 e. The highest BCUT2D eigenvalue weighted by molar-refractivity contribution is 14.0. The number of furan rings is 1. The van der Waals surface area contributed by atoms with Gasteiger partial charge in [-0.3, -0.25) is 0 Å². The summed E-state index contributed by atoms with van der Waals surface area (Å²) in [5, 5.41) is 11.2. The second kappa shape index (κ2) is 11.3. The number of rotatable bonds is 7. The van der Waals surface area contributed by atoms with E-state index in [4.69, 9.17) is 13.9 Å². The average Bonchev–Trinajstić information content (AvgIpc) is 3.28. The fourth-order valence-electron chi connectivity index (χ4n) is 3.27. The van der Waals surface area contributed by atoms with Crippen LogP contribution in [0.1, 0.15) is 46.9 Å². The van der Waals surface area contributed by atoms with Gasteiger partial charge in [-0.15, -0.1) is 24.0 Å². The second-order valence-electron chi connectivity index (χ2n) is 6.81. The second-order valence-corrected chi connectivity index (χ2v) is 6.81. The molecule has 0 bridgehead atoms. The molecule has 0 aromatic carbocycles. The van der Waals surface area contributed by atoms with E-state index in [-0.39, 0.29) is 30.0 Å². The Labute approximate surface area is 192 Å². The van der Waals surface area contributed by atoms with Crippen molar-refractivity contribution in [1.82, 2.24) is 25.4 Å². The largest absolute Gasteiger partial charge is 0.465 e. The Morgan fingerprint density at radius 1 is 1.43 bits per heavy atom. The van der Waals surface area contributed by atoms with Crippen molar-refractivity contribution in [2.24, 2.45) is 4.99 Å². The van der Waals surface area contributed by atoms with Crippen LogP contribution in [0.25, 0.3) is 0 Å². The first-order chi connectivity index (χ1) is 14.0. The van der Waals surface area contributed by atoms with Crippen LogP contribution in [-0.4, -0.2) is 53.5 Å². The number of fused-ring (bicyclic) bond motifs is 1. The molecule has 0 saturated carbocycles. The molecule has 1 unspecified atom stereocenters. The molecule has 2 aromatic rings.